The molecule has 0 aliphatic heterocycles. The van der Waals surface area contributed by atoms with Crippen molar-refractivity contribution in [1.29, 1.82) is 0 Å². The lowest BCUT2D eigenvalue weighted by Gasteiger charge is -2.08. The number of carboxylic acid groups (broad SMARTS) is 1. The molecule has 184 valence electrons. The molecule has 4 aromatic rings. The summed E-state index contributed by atoms with van der Waals surface area (Å²) in [7, 11) is 0. The molecule has 0 bridgehead atoms. The van der Waals surface area contributed by atoms with Gasteiger partial charge in [0.1, 0.15) is 5.78 Å². The lowest BCUT2D eigenvalue weighted by molar-refractivity contribution is -0.136. The van der Waals surface area contributed by atoms with E-state index >= 15 is 0 Å². The molecule has 0 aliphatic rings. The summed E-state index contributed by atoms with van der Waals surface area (Å²) in [5, 5.41) is 13.7. The minimum absolute atomic E-state index is 0.0747. The van der Waals surface area contributed by atoms with Crippen molar-refractivity contribution in [3.63, 3.8) is 0 Å². The van der Waals surface area contributed by atoms with Crippen molar-refractivity contribution in [2.45, 2.75) is 26.3 Å². The number of carbonyl (C=O) groups is 2. The number of hydrogen-bond acceptors (Lipinski definition) is 4. The van der Waals surface area contributed by atoms with Crippen molar-refractivity contribution < 1.29 is 19.4 Å². The average molecular weight is 483 g/mol. The smallest absolute Gasteiger partial charge is 0.371 e. The second-order valence-electron chi connectivity index (χ2n) is 8.57. The van der Waals surface area contributed by atoms with Crippen LogP contribution in [0.5, 0.6) is 0 Å². The largest absolute Gasteiger partial charge is 0.487 e. The lowest BCUT2D eigenvalue weighted by Crippen LogP contribution is -2.22. The summed E-state index contributed by atoms with van der Waals surface area (Å²) in [6, 6.07) is 23.9. The summed E-state index contributed by atoms with van der Waals surface area (Å²) in [5.74, 6) is -0.972. The molecule has 3 aromatic carbocycles. The number of ketones is 1. The SMILES string of the molecule is CCOC(=Cc1ccc(-c2cccc(CNCC(=O)CCc3c[nH]c4ccccc34)c2)cc1)C(=O)O. The zero-order valence-corrected chi connectivity index (χ0v) is 20.3. The van der Waals surface area contributed by atoms with E-state index in [4.69, 9.17) is 4.74 Å². The number of nitrogens with one attached hydrogen (secondary N) is 2. The van der Waals surface area contributed by atoms with Gasteiger partial charge in [-0.2, -0.15) is 0 Å². The van der Waals surface area contributed by atoms with Gasteiger partial charge in [0, 0.05) is 30.1 Å². The van der Waals surface area contributed by atoms with Crippen molar-refractivity contribution >= 4 is 28.7 Å². The number of carbonyl (C=O) groups excluding carboxylic acids is 1. The third-order valence-corrected chi connectivity index (χ3v) is 5.98. The van der Waals surface area contributed by atoms with Crippen LogP contribution in [-0.2, 0) is 27.3 Å². The van der Waals surface area contributed by atoms with Crippen LogP contribution in [0.2, 0.25) is 0 Å². The van der Waals surface area contributed by atoms with Crippen LogP contribution in [0.25, 0.3) is 28.1 Å². The van der Waals surface area contributed by atoms with E-state index in [2.05, 4.69) is 22.4 Å². The summed E-state index contributed by atoms with van der Waals surface area (Å²) in [4.78, 5) is 26.9. The number of H-pyrrole nitrogens is 1. The number of fused-ring (bicyclic) bond motifs is 1. The highest BCUT2D eigenvalue weighted by atomic mass is 16.5. The number of para-hydroxylation sites is 1. The zero-order chi connectivity index (χ0) is 25.3. The molecule has 1 heterocycles. The predicted molar refractivity (Wildman–Crippen MR) is 142 cm³/mol. The topological polar surface area (TPSA) is 91.4 Å². The molecular formula is C30H30N2O4. The number of ether oxygens (including phenoxy) is 1. The van der Waals surface area contributed by atoms with Gasteiger partial charge in [-0.05, 0) is 59.4 Å². The fraction of sp³-hybridized carbons (Fsp3) is 0.200. The Morgan fingerprint density at radius 1 is 1.00 bits per heavy atom. The Labute approximate surface area is 210 Å². The summed E-state index contributed by atoms with van der Waals surface area (Å²) < 4.78 is 5.17. The van der Waals surface area contributed by atoms with Crippen LogP contribution in [0.3, 0.4) is 0 Å². The van der Waals surface area contributed by atoms with Gasteiger partial charge in [0.2, 0.25) is 5.76 Å². The highest BCUT2D eigenvalue weighted by Gasteiger charge is 2.09. The number of Topliss-reactive ketones (excluding diaryl/α,β-unsaturated/α-hetero) is 1. The third kappa shape index (κ3) is 6.49. The van der Waals surface area contributed by atoms with Gasteiger partial charge in [0.05, 0.1) is 13.2 Å². The predicted octanol–water partition coefficient (Wildman–Crippen LogP) is 5.59. The summed E-state index contributed by atoms with van der Waals surface area (Å²) in [6.45, 7) is 2.98. The maximum absolute atomic E-state index is 12.4. The molecule has 3 N–H and O–H groups in total. The van der Waals surface area contributed by atoms with Crippen molar-refractivity contribution in [3.05, 3.63) is 101 Å². The molecule has 0 amide bonds. The number of benzene rings is 3. The van der Waals surface area contributed by atoms with E-state index in [1.807, 2.05) is 66.9 Å². The van der Waals surface area contributed by atoms with Crippen LogP contribution in [-0.4, -0.2) is 35.0 Å². The van der Waals surface area contributed by atoms with Gasteiger partial charge in [-0.15, -0.1) is 0 Å². The fourth-order valence-corrected chi connectivity index (χ4v) is 4.15. The van der Waals surface area contributed by atoms with Gasteiger partial charge in [0.15, 0.2) is 0 Å². The maximum atomic E-state index is 12.4. The second kappa shape index (κ2) is 12.0. The highest BCUT2D eigenvalue weighted by molar-refractivity contribution is 5.90. The molecular weight excluding hydrogens is 452 g/mol. The van der Waals surface area contributed by atoms with E-state index < -0.39 is 5.97 Å². The van der Waals surface area contributed by atoms with Crippen LogP contribution in [0, 0.1) is 0 Å². The Morgan fingerprint density at radius 2 is 1.81 bits per heavy atom. The van der Waals surface area contributed by atoms with Crippen LogP contribution in [0.4, 0.5) is 0 Å². The van der Waals surface area contributed by atoms with E-state index in [0.717, 1.165) is 34.2 Å². The van der Waals surface area contributed by atoms with Crippen LogP contribution in [0.15, 0.2) is 84.8 Å². The molecule has 0 aliphatic carbocycles. The Bertz CT molecular complexity index is 1370. The van der Waals surface area contributed by atoms with Crippen LogP contribution in [0.1, 0.15) is 30.0 Å². The van der Waals surface area contributed by atoms with Gasteiger partial charge < -0.3 is 20.1 Å². The van der Waals surface area contributed by atoms with Gasteiger partial charge in [0.25, 0.3) is 0 Å². The van der Waals surface area contributed by atoms with E-state index in [1.165, 1.54) is 17.0 Å². The Morgan fingerprint density at radius 3 is 2.58 bits per heavy atom. The molecule has 0 radical (unpaired) electrons. The monoisotopic (exact) mass is 482 g/mol. The Kier molecular flexibility index (Phi) is 8.32. The average Bonchev–Trinajstić information content (AvgIpc) is 3.31. The molecule has 6 heteroatoms. The van der Waals surface area contributed by atoms with Crippen molar-refractivity contribution in [2.75, 3.05) is 13.2 Å². The summed E-state index contributed by atoms with van der Waals surface area (Å²) in [5.41, 5.74) is 6.19. The molecule has 0 atom stereocenters. The molecule has 1 aromatic heterocycles. The number of aromatic nitrogens is 1. The first-order chi connectivity index (χ1) is 17.5. The van der Waals surface area contributed by atoms with E-state index in [9.17, 15) is 14.7 Å². The van der Waals surface area contributed by atoms with Crippen molar-refractivity contribution in [2.24, 2.45) is 0 Å². The summed E-state index contributed by atoms with van der Waals surface area (Å²) >= 11 is 0. The van der Waals surface area contributed by atoms with Crippen molar-refractivity contribution in [3.8, 4) is 11.1 Å². The number of rotatable bonds is 12. The molecule has 0 saturated carbocycles. The standard InChI is InChI=1S/C30H30N2O4/c1-2-36-29(30(34)35)17-21-10-12-23(13-11-21)24-7-5-6-22(16-24)18-31-20-26(33)15-14-25-19-32-28-9-4-3-8-27(25)28/h3-13,16-17,19,31-32H,2,14-15,18,20H2,1H3,(H,34,35). The van der Waals surface area contributed by atoms with Crippen LogP contribution < -0.4 is 5.32 Å². The molecule has 6 nitrogen and oxygen atoms in total. The zero-order valence-electron chi connectivity index (χ0n) is 20.3. The minimum atomic E-state index is -1.09. The highest BCUT2D eigenvalue weighted by Crippen LogP contribution is 2.22. The van der Waals surface area contributed by atoms with Crippen LogP contribution >= 0.6 is 0 Å². The summed E-state index contributed by atoms with van der Waals surface area (Å²) in [6.07, 6.45) is 4.74. The van der Waals surface area contributed by atoms with Gasteiger partial charge in [-0.1, -0.05) is 60.7 Å². The maximum Gasteiger partial charge on any atom is 0.371 e. The molecule has 36 heavy (non-hydrogen) atoms. The number of aromatic amines is 1. The molecule has 0 spiro atoms. The third-order valence-electron chi connectivity index (χ3n) is 5.98. The number of carboxylic acids is 1. The number of hydrogen-bond donors (Lipinski definition) is 3. The second-order valence-corrected chi connectivity index (χ2v) is 8.57. The van der Waals surface area contributed by atoms with E-state index in [1.54, 1.807) is 6.92 Å². The number of aryl methyl sites for hydroxylation is 1. The fourth-order valence-electron chi connectivity index (χ4n) is 4.15. The normalized spacial score (nSPS) is 11.5. The number of aliphatic carboxylic acids is 1. The first-order valence-electron chi connectivity index (χ1n) is 12.1. The van der Waals surface area contributed by atoms with Gasteiger partial charge in [-0.25, -0.2) is 4.79 Å². The molecule has 0 saturated heterocycles. The molecule has 4 rings (SSSR count). The van der Waals surface area contributed by atoms with Gasteiger partial charge >= 0.3 is 5.97 Å². The lowest BCUT2D eigenvalue weighted by atomic mass is 10.0. The van der Waals surface area contributed by atoms with Crippen molar-refractivity contribution in [1.82, 2.24) is 10.3 Å². The van der Waals surface area contributed by atoms with E-state index in [0.29, 0.717) is 26.1 Å². The minimum Gasteiger partial charge on any atom is -0.487 e. The van der Waals surface area contributed by atoms with Gasteiger partial charge in [-0.3, -0.25) is 4.79 Å². The molecule has 0 fully saturated rings. The Balaban J connectivity index is 1.30. The first kappa shape index (κ1) is 24.9. The van der Waals surface area contributed by atoms with E-state index in [-0.39, 0.29) is 11.5 Å². The quantitative estimate of drug-likeness (QED) is 0.181. The first-order valence-corrected chi connectivity index (χ1v) is 12.1. The Hall–Kier alpha value is -4.16. The molecule has 0 unspecified atom stereocenters.